The highest BCUT2D eigenvalue weighted by molar-refractivity contribution is 6.23. The molecule has 0 bridgehead atoms. The molecule has 1 fully saturated rings. The van der Waals surface area contributed by atoms with Gasteiger partial charge in [0.25, 0.3) is 0 Å². The number of carbonyl (C=O) groups excluding carboxylic acids is 1. The fourth-order valence-electron chi connectivity index (χ4n) is 4.10. The maximum absolute atomic E-state index is 12.8. The number of oxime groups is 1. The third kappa shape index (κ3) is 5.01. The Morgan fingerprint density at radius 3 is 2.31 bits per heavy atom. The topological polar surface area (TPSA) is 58.9 Å². The number of Topliss-reactive ketones (excluding diaryl/α,β-unsaturated/α-hetero) is 1. The van der Waals surface area contributed by atoms with Crippen molar-refractivity contribution < 1.29 is 27.9 Å². The molecule has 0 radical (unpaired) electrons. The van der Waals surface area contributed by atoms with Crippen LogP contribution in [0.3, 0.4) is 0 Å². The van der Waals surface area contributed by atoms with Gasteiger partial charge in [0.05, 0.1) is 17.2 Å². The lowest BCUT2D eigenvalue weighted by Crippen LogP contribution is -2.33. The summed E-state index contributed by atoms with van der Waals surface area (Å²) in [6.45, 7) is 4.12. The molecule has 0 aromatic rings. The predicted octanol–water partition coefficient (Wildman–Crippen LogP) is 5.34. The van der Waals surface area contributed by atoms with Crippen LogP contribution in [0.1, 0.15) is 65.2 Å². The summed E-state index contributed by atoms with van der Waals surface area (Å²) in [5.41, 5.74) is 0.719. The lowest BCUT2D eigenvalue weighted by atomic mass is 9.70. The highest BCUT2D eigenvalue weighted by atomic mass is 19.4. The lowest BCUT2D eigenvalue weighted by Gasteiger charge is -2.36. The van der Waals surface area contributed by atoms with Gasteiger partial charge in [-0.15, -0.1) is 0 Å². The summed E-state index contributed by atoms with van der Waals surface area (Å²) >= 11 is 0. The zero-order valence-electron chi connectivity index (χ0n) is 15.4. The van der Waals surface area contributed by atoms with Gasteiger partial charge in [-0.1, -0.05) is 18.5 Å². The van der Waals surface area contributed by atoms with Crippen LogP contribution in [-0.4, -0.2) is 29.4 Å². The van der Waals surface area contributed by atoms with Crippen LogP contribution in [0.4, 0.5) is 13.2 Å². The summed E-state index contributed by atoms with van der Waals surface area (Å²) in [5, 5.41) is 14.4. The van der Waals surface area contributed by atoms with Gasteiger partial charge in [-0.05, 0) is 50.9 Å². The molecule has 0 spiro atoms. The molecule has 0 aliphatic heterocycles. The Bertz CT molecular complexity index is 561. The minimum atomic E-state index is -4.13. The molecule has 0 heterocycles. The van der Waals surface area contributed by atoms with Crippen LogP contribution in [-0.2, 0) is 9.63 Å². The van der Waals surface area contributed by atoms with Gasteiger partial charge in [0.1, 0.15) is 12.4 Å². The average Bonchev–Trinajstić information content (AvgIpc) is 2.58. The first kappa shape index (κ1) is 20.8. The van der Waals surface area contributed by atoms with Crippen LogP contribution >= 0.6 is 0 Å². The molecule has 1 saturated carbocycles. The SMILES string of the molecule is CCC/C(=N/OCC)C1=C(O)CC(C2CCC(C(F)(F)F)CC2)CC1=O. The van der Waals surface area contributed by atoms with Gasteiger partial charge in [-0.3, -0.25) is 4.79 Å². The molecule has 148 valence electrons. The van der Waals surface area contributed by atoms with Gasteiger partial charge >= 0.3 is 6.18 Å². The molecule has 2 aliphatic rings. The summed E-state index contributed by atoms with van der Waals surface area (Å²) in [7, 11) is 0. The van der Waals surface area contributed by atoms with Crippen LogP contribution in [0.5, 0.6) is 0 Å². The van der Waals surface area contributed by atoms with Gasteiger partial charge in [0, 0.05) is 12.8 Å². The Kier molecular flexibility index (Phi) is 7.12. The second-order valence-corrected chi connectivity index (χ2v) is 7.27. The number of carbonyl (C=O) groups is 1. The molecular weight excluding hydrogens is 347 g/mol. The molecule has 1 atom stereocenters. The van der Waals surface area contributed by atoms with Crippen molar-refractivity contribution in [1.29, 1.82) is 0 Å². The summed E-state index contributed by atoms with van der Waals surface area (Å²) < 4.78 is 38.5. The number of halogens is 3. The number of nitrogens with zero attached hydrogens (tertiary/aromatic N) is 1. The Morgan fingerprint density at radius 1 is 1.15 bits per heavy atom. The molecule has 0 saturated heterocycles. The van der Waals surface area contributed by atoms with Gasteiger partial charge < -0.3 is 9.94 Å². The molecule has 0 amide bonds. The van der Waals surface area contributed by atoms with E-state index in [2.05, 4.69) is 5.16 Å². The molecule has 0 aromatic heterocycles. The highest BCUT2D eigenvalue weighted by Crippen LogP contribution is 2.44. The number of alkyl halides is 3. The van der Waals surface area contributed by atoms with Crippen molar-refractivity contribution in [2.45, 2.75) is 71.4 Å². The van der Waals surface area contributed by atoms with Crippen molar-refractivity contribution in [2.24, 2.45) is 22.9 Å². The van der Waals surface area contributed by atoms with E-state index < -0.39 is 12.1 Å². The molecular formula is C19H28F3NO3. The fourth-order valence-corrected chi connectivity index (χ4v) is 4.10. The minimum Gasteiger partial charge on any atom is -0.511 e. The molecule has 2 rings (SSSR count). The summed E-state index contributed by atoms with van der Waals surface area (Å²) in [6.07, 6.45) is -1.10. The van der Waals surface area contributed by atoms with E-state index in [1.54, 1.807) is 6.92 Å². The Hall–Kier alpha value is -1.53. The summed E-state index contributed by atoms with van der Waals surface area (Å²) in [4.78, 5) is 17.7. The number of aliphatic hydroxyl groups is 1. The number of hydrogen-bond acceptors (Lipinski definition) is 4. The maximum atomic E-state index is 12.8. The van der Waals surface area contributed by atoms with Gasteiger partial charge in [0.2, 0.25) is 0 Å². The first-order valence-electron chi connectivity index (χ1n) is 9.49. The van der Waals surface area contributed by atoms with E-state index in [9.17, 15) is 23.1 Å². The van der Waals surface area contributed by atoms with Gasteiger partial charge in [-0.25, -0.2) is 0 Å². The number of aliphatic hydroxyl groups excluding tert-OH is 1. The van der Waals surface area contributed by atoms with Crippen molar-refractivity contribution in [1.82, 2.24) is 0 Å². The molecule has 2 aliphatic carbocycles. The Balaban J connectivity index is 2.07. The first-order valence-corrected chi connectivity index (χ1v) is 9.49. The molecule has 26 heavy (non-hydrogen) atoms. The number of rotatable bonds is 6. The van der Waals surface area contributed by atoms with Crippen LogP contribution in [0.15, 0.2) is 16.5 Å². The molecule has 1 N–H and O–H groups in total. The van der Waals surface area contributed by atoms with E-state index in [1.807, 2.05) is 6.92 Å². The Morgan fingerprint density at radius 2 is 1.81 bits per heavy atom. The fraction of sp³-hybridized carbons (Fsp3) is 0.789. The van der Waals surface area contributed by atoms with Crippen LogP contribution in [0, 0.1) is 17.8 Å². The highest BCUT2D eigenvalue weighted by Gasteiger charge is 2.43. The van der Waals surface area contributed by atoms with E-state index in [0.29, 0.717) is 38.0 Å². The van der Waals surface area contributed by atoms with E-state index >= 15 is 0 Å². The third-order valence-corrected chi connectivity index (χ3v) is 5.45. The number of ketones is 1. The van der Waals surface area contributed by atoms with Crippen molar-refractivity contribution in [2.75, 3.05) is 6.61 Å². The lowest BCUT2D eigenvalue weighted by molar-refractivity contribution is -0.185. The van der Waals surface area contributed by atoms with Crippen LogP contribution < -0.4 is 0 Å². The van der Waals surface area contributed by atoms with E-state index in [4.69, 9.17) is 4.84 Å². The molecule has 0 aromatic carbocycles. The van der Waals surface area contributed by atoms with Crippen molar-refractivity contribution in [3.63, 3.8) is 0 Å². The zero-order chi connectivity index (χ0) is 19.3. The standard InChI is InChI=1S/C19H28F3NO3/c1-3-5-15(23-26-4-2)18-16(24)10-13(11-17(18)25)12-6-8-14(9-7-12)19(20,21)22/h12-14,24H,3-11H2,1-2H3/b23-15-. The summed E-state index contributed by atoms with van der Waals surface area (Å²) in [5.74, 6) is -1.43. The average molecular weight is 375 g/mol. The molecule has 4 nitrogen and oxygen atoms in total. The van der Waals surface area contributed by atoms with Crippen molar-refractivity contribution in [3.8, 4) is 0 Å². The predicted molar refractivity (Wildman–Crippen MR) is 92.9 cm³/mol. The largest absolute Gasteiger partial charge is 0.511 e. The van der Waals surface area contributed by atoms with Crippen LogP contribution in [0.2, 0.25) is 0 Å². The smallest absolute Gasteiger partial charge is 0.391 e. The second kappa shape index (κ2) is 8.91. The number of allylic oxidation sites excluding steroid dienone is 2. The minimum absolute atomic E-state index is 0.0103. The summed E-state index contributed by atoms with van der Waals surface area (Å²) in [6, 6.07) is 0. The van der Waals surface area contributed by atoms with E-state index in [0.717, 1.165) is 6.42 Å². The normalized spacial score (nSPS) is 28.4. The third-order valence-electron chi connectivity index (χ3n) is 5.45. The first-order chi connectivity index (χ1) is 12.3. The molecule has 7 heteroatoms. The second-order valence-electron chi connectivity index (χ2n) is 7.27. The van der Waals surface area contributed by atoms with Crippen LogP contribution in [0.25, 0.3) is 0 Å². The quantitative estimate of drug-likeness (QED) is 0.504. The molecule has 1 unspecified atom stereocenters. The van der Waals surface area contributed by atoms with E-state index in [1.165, 1.54) is 0 Å². The van der Waals surface area contributed by atoms with Gasteiger partial charge in [0.15, 0.2) is 5.78 Å². The monoisotopic (exact) mass is 375 g/mol. The Labute approximate surface area is 152 Å². The van der Waals surface area contributed by atoms with Gasteiger partial charge in [-0.2, -0.15) is 13.2 Å². The van der Waals surface area contributed by atoms with Crippen molar-refractivity contribution >= 4 is 11.5 Å². The number of hydrogen-bond donors (Lipinski definition) is 1. The van der Waals surface area contributed by atoms with E-state index in [-0.39, 0.29) is 48.2 Å². The van der Waals surface area contributed by atoms with Crippen molar-refractivity contribution in [3.05, 3.63) is 11.3 Å². The zero-order valence-corrected chi connectivity index (χ0v) is 15.4. The maximum Gasteiger partial charge on any atom is 0.391 e.